The maximum atomic E-state index is 11.3. The molecule has 0 aliphatic carbocycles. The fourth-order valence-corrected chi connectivity index (χ4v) is 3.22. The van der Waals surface area contributed by atoms with Crippen LogP contribution >= 0.6 is 0 Å². The predicted molar refractivity (Wildman–Crippen MR) is 97.6 cm³/mol. The molecule has 3 rings (SSSR count). The van der Waals surface area contributed by atoms with E-state index >= 15 is 0 Å². The van der Waals surface area contributed by atoms with Crippen LogP contribution in [0.1, 0.15) is 19.9 Å². The molecule has 136 valence electrons. The molecule has 0 amide bonds. The van der Waals surface area contributed by atoms with Crippen LogP contribution in [0.15, 0.2) is 57.6 Å². The van der Waals surface area contributed by atoms with Gasteiger partial charge >= 0.3 is 0 Å². The number of sulfonamides is 1. The van der Waals surface area contributed by atoms with Gasteiger partial charge in [-0.15, -0.1) is 5.11 Å². The Hall–Kier alpha value is -2.91. The monoisotopic (exact) mass is 374 g/mol. The van der Waals surface area contributed by atoms with E-state index in [1.54, 1.807) is 10.6 Å². The maximum absolute atomic E-state index is 11.3. The van der Waals surface area contributed by atoms with Gasteiger partial charge in [0.15, 0.2) is 5.69 Å². The second kappa shape index (κ2) is 6.43. The first-order valence-corrected chi connectivity index (χ1v) is 9.33. The normalized spacial score (nSPS) is 12.5. The summed E-state index contributed by atoms with van der Waals surface area (Å²) in [6.07, 6.45) is 0. The van der Waals surface area contributed by atoms with Crippen molar-refractivity contribution in [1.29, 1.82) is 0 Å². The zero-order chi connectivity index (χ0) is 19.1. The largest absolute Gasteiger partial charge is 0.508 e. The fourth-order valence-electron chi connectivity index (χ4n) is 2.70. The lowest BCUT2D eigenvalue weighted by atomic mass is 10.2. The van der Waals surface area contributed by atoms with Crippen LogP contribution in [0, 0.1) is 0 Å². The molecule has 0 unspecified atom stereocenters. The topological polar surface area (TPSA) is 130 Å². The molecule has 0 aliphatic rings. The maximum Gasteiger partial charge on any atom is 0.238 e. The first kappa shape index (κ1) is 17.9. The van der Waals surface area contributed by atoms with E-state index in [4.69, 9.17) is 5.14 Å². The molecule has 3 aromatic rings. The molecule has 0 bridgehead atoms. The average Bonchev–Trinajstić information content (AvgIpc) is 2.83. The van der Waals surface area contributed by atoms with Crippen LogP contribution in [0.2, 0.25) is 0 Å². The van der Waals surface area contributed by atoms with Crippen LogP contribution in [0.3, 0.4) is 0 Å². The van der Waals surface area contributed by atoms with E-state index < -0.39 is 10.0 Å². The molecule has 4 N–H and O–H groups in total. The highest BCUT2D eigenvalue weighted by molar-refractivity contribution is 7.89. The van der Waals surface area contributed by atoms with Crippen molar-refractivity contribution in [2.75, 3.05) is 0 Å². The molecule has 26 heavy (non-hydrogen) atoms. The van der Waals surface area contributed by atoms with Gasteiger partial charge in [-0.2, -0.15) is 5.11 Å². The number of benzene rings is 2. The van der Waals surface area contributed by atoms with Gasteiger partial charge in [0.2, 0.25) is 15.9 Å². The van der Waals surface area contributed by atoms with Crippen molar-refractivity contribution in [2.24, 2.45) is 15.4 Å². The van der Waals surface area contributed by atoms with E-state index in [0.29, 0.717) is 16.6 Å². The second-order valence-electron chi connectivity index (χ2n) is 6.08. The summed E-state index contributed by atoms with van der Waals surface area (Å²) in [5, 5.41) is 34.1. The number of phenolic OH excluding ortho intramolecular Hbond substituents is 1. The van der Waals surface area contributed by atoms with Crippen LogP contribution in [-0.2, 0) is 10.0 Å². The summed E-state index contributed by atoms with van der Waals surface area (Å²) in [4.78, 5) is -0.0272. The zero-order valence-corrected chi connectivity index (χ0v) is 15.0. The Labute approximate surface area is 150 Å². The van der Waals surface area contributed by atoms with E-state index in [-0.39, 0.29) is 28.3 Å². The van der Waals surface area contributed by atoms with Crippen molar-refractivity contribution < 1.29 is 18.6 Å². The Morgan fingerprint density at radius 2 is 1.69 bits per heavy atom. The summed E-state index contributed by atoms with van der Waals surface area (Å²) in [7, 11) is -3.78. The number of azo groups is 1. The average molecular weight is 374 g/mol. The zero-order valence-electron chi connectivity index (χ0n) is 14.2. The van der Waals surface area contributed by atoms with Gasteiger partial charge < -0.3 is 14.8 Å². The minimum atomic E-state index is -3.78. The molecule has 0 aliphatic heterocycles. The molecule has 0 radical (unpaired) electrons. The predicted octanol–water partition coefficient (Wildman–Crippen LogP) is 3.70. The van der Waals surface area contributed by atoms with Crippen molar-refractivity contribution in [3.63, 3.8) is 0 Å². The van der Waals surface area contributed by atoms with E-state index in [1.165, 1.54) is 36.4 Å². The number of aromatic hydroxyl groups is 2. The van der Waals surface area contributed by atoms with Gasteiger partial charge in [0, 0.05) is 11.4 Å². The number of hydrogen-bond donors (Lipinski definition) is 3. The van der Waals surface area contributed by atoms with Crippen molar-refractivity contribution in [1.82, 2.24) is 4.57 Å². The Morgan fingerprint density at radius 1 is 1.04 bits per heavy atom. The summed E-state index contributed by atoms with van der Waals surface area (Å²) >= 11 is 0. The molecule has 0 spiro atoms. The molecule has 2 aromatic carbocycles. The highest BCUT2D eigenvalue weighted by Gasteiger charge is 2.19. The molecular weight excluding hydrogens is 356 g/mol. The van der Waals surface area contributed by atoms with Crippen molar-refractivity contribution in [3.8, 4) is 11.6 Å². The summed E-state index contributed by atoms with van der Waals surface area (Å²) in [5.41, 5.74) is 1.33. The van der Waals surface area contributed by atoms with Crippen LogP contribution < -0.4 is 5.14 Å². The van der Waals surface area contributed by atoms with E-state index in [0.717, 1.165) is 0 Å². The smallest absolute Gasteiger partial charge is 0.238 e. The van der Waals surface area contributed by atoms with Crippen molar-refractivity contribution in [2.45, 2.75) is 24.8 Å². The minimum Gasteiger partial charge on any atom is -0.508 e. The van der Waals surface area contributed by atoms with Gasteiger partial charge in [-0.1, -0.05) is 0 Å². The first-order valence-electron chi connectivity index (χ1n) is 7.79. The van der Waals surface area contributed by atoms with Gasteiger partial charge in [0.1, 0.15) is 5.75 Å². The van der Waals surface area contributed by atoms with Gasteiger partial charge in [0.05, 0.1) is 16.1 Å². The molecule has 1 aromatic heterocycles. The molecule has 0 atom stereocenters. The number of fused-ring (bicyclic) bond motifs is 1. The molecular formula is C17H18N4O4S. The quantitative estimate of drug-likeness (QED) is 0.601. The molecule has 9 heteroatoms. The Kier molecular flexibility index (Phi) is 4.43. The molecule has 0 saturated carbocycles. The van der Waals surface area contributed by atoms with Gasteiger partial charge in [-0.3, -0.25) is 0 Å². The lowest BCUT2D eigenvalue weighted by Crippen LogP contribution is -2.11. The fraction of sp³-hybridized carbons (Fsp3) is 0.176. The second-order valence-corrected chi connectivity index (χ2v) is 7.64. The Morgan fingerprint density at radius 3 is 2.27 bits per heavy atom. The molecule has 1 heterocycles. The van der Waals surface area contributed by atoms with E-state index in [1.807, 2.05) is 13.8 Å². The Bertz CT molecular complexity index is 1100. The third-order valence-electron chi connectivity index (χ3n) is 3.88. The van der Waals surface area contributed by atoms with Crippen LogP contribution in [-0.4, -0.2) is 23.2 Å². The highest BCUT2D eigenvalue weighted by Crippen LogP contribution is 2.42. The number of nitrogens with zero attached hydrogens (tertiary/aromatic N) is 3. The summed E-state index contributed by atoms with van der Waals surface area (Å²) in [5.74, 6) is -0.0159. The number of aromatic nitrogens is 1. The molecule has 0 fully saturated rings. The molecule has 0 saturated heterocycles. The number of hydrogen-bond acceptors (Lipinski definition) is 6. The van der Waals surface area contributed by atoms with E-state index in [9.17, 15) is 18.6 Å². The van der Waals surface area contributed by atoms with Crippen LogP contribution in [0.5, 0.6) is 11.6 Å². The SMILES string of the molecule is CC(C)n1c(O)c(N=Nc2ccc(S(N)(=O)=O)cc2)c2cc(O)ccc21. The van der Waals surface area contributed by atoms with Gasteiger partial charge in [-0.05, 0) is 56.3 Å². The number of nitrogens with two attached hydrogens (primary N) is 1. The van der Waals surface area contributed by atoms with Crippen molar-refractivity contribution >= 4 is 32.3 Å². The number of primary sulfonamides is 1. The van der Waals surface area contributed by atoms with E-state index in [2.05, 4.69) is 10.2 Å². The Balaban J connectivity index is 2.07. The number of phenols is 1. The molecule has 8 nitrogen and oxygen atoms in total. The third kappa shape index (κ3) is 3.26. The van der Waals surface area contributed by atoms with Gasteiger partial charge in [0.25, 0.3) is 0 Å². The minimum absolute atomic E-state index is 0.0272. The third-order valence-corrected chi connectivity index (χ3v) is 4.81. The lowest BCUT2D eigenvalue weighted by molar-refractivity contribution is 0.407. The lowest BCUT2D eigenvalue weighted by Gasteiger charge is -2.10. The number of rotatable bonds is 4. The summed E-state index contributed by atoms with van der Waals surface area (Å²) in [6.45, 7) is 3.83. The summed E-state index contributed by atoms with van der Waals surface area (Å²) < 4.78 is 24.2. The first-order chi connectivity index (χ1) is 12.2. The van der Waals surface area contributed by atoms with Gasteiger partial charge in [-0.25, -0.2) is 13.6 Å². The standard InChI is InChI=1S/C17H18N4O4S/c1-10(2)21-15-8-5-12(22)9-14(15)16(17(21)23)20-19-11-3-6-13(7-4-11)26(18,24)25/h3-10,22-23H,1-2H3,(H2,18,24,25). The van der Waals surface area contributed by atoms with Crippen molar-refractivity contribution in [3.05, 3.63) is 42.5 Å². The highest BCUT2D eigenvalue weighted by atomic mass is 32.2. The van der Waals surface area contributed by atoms with Crippen LogP contribution in [0.25, 0.3) is 10.9 Å². The summed E-state index contributed by atoms with van der Waals surface area (Å²) in [6, 6.07) is 10.3. The van der Waals surface area contributed by atoms with Crippen LogP contribution in [0.4, 0.5) is 11.4 Å².